The fourth-order valence-electron chi connectivity index (χ4n) is 1.67. The average Bonchev–Trinajstić information content (AvgIpc) is 2.38. The zero-order chi connectivity index (χ0) is 13.0. The van der Waals surface area contributed by atoms with Crippen LogP contribution in [0.5, 0.6) is 0 Å². The van der Waals surface area contributed by atoms with Gasteiger partial charge >= 0.3 is 0 Å². The van der Waals surface area contributed by atoms with Crippen molar-refractivity contribution in [3.8, 4) is 0 Å². The fourth-order valence-corrected chi connectivity index (χ4v) is 3.11. The predicted molar refractivity (Wildman–Crippen MR) is 70.8 cm³/mol. The van der Waals surface area contributed by atoms with Crippen molar-refractivity contribution in [3.63, 3.8) is 0 Å². The molecule has 0 unspecified atom stereocenters. The topological polar surface area (TPSA) is 73.1 Å². The minimum atomic E-state index is -3.34. The zero-order valence-electron chi connectivity index (χ0n) is 9.78. The summed E-state index contributed by atoms with van der Waals surface area (Å²) >= 11 is 0. The second-order valence-electron chi connectivity index (χ2n) is 3.97. The van der Waals surface area contributed by atoms with E-state index in [9.17, 15) is 8.42 Å². The maximum Gasteiger partial charge on any atom is 0.180 e. The largest absolute Gasteiger partial charge is 0.398 e. The monoisotopic (exact) mass is 262 g/mol. The molecule has 0 aliphatic rings. The van der Waals surface area contributed by atoms with Crippen LogP contribution >= 0.6 is 0 Å². The number of hydrogen-bond donors (Lipinski definition) is 1. The summed E-state index contributed by atoms with van der Waals surface area (Å²) in [4.78, 5) is 4.16. The maximum absolute atomic E-state index is 12.1. The Hall–Kier alpha value is -1.88. The van der Waals surface area contributed by atoms with Crippen LogP contribution in [0, 0.1) is 0 Å². The third-order valence-electron chi connectivity index (χ3n) is 2.64. The molecule has 0 fully saturated rings. The number of pyridine rings is 1. The van der Waals surface area contributed by atoms with Gasteiger partial charge in [-0.15, -0.1) is 0 Å². The van der Waals surface area contributed by atoms with E-state index in [-0.39, 0.29) is 10.6 Å². The summed E-state index contributed by atoms with van der Waals surface area (Å²) in [5.41, 5.74) is 6.88. The molecule has 0 bridgehead atoms. The lowest BCUT2D eigenvalue weighted by atomic mass is 10.2. The van der Waals surface area contributed by atoms with Gasteiger partial charge in [-0.05, 0) is 30.2 Å². The summed E-state index contributed by atoms with van der Waals surface area (Å²) in [6, 6.07) is 10.2. The molecule has 18 heavy (non-hydrogen) atoms. The smallest absolute Gasteiger partial charge is 0.180 e. The number of nitrogens with zero attached hydrogens (tertiary/aromatic N) is 1. The number of aryl methyl sites for hydroxylation is 1. The first-order chi connectivity index (χ1) is 8.59. The molecule has 1 aromatic heterocycles. The molecule has 2 N–H and O–H groups in total. The number of para-hydroxylation sites is 1. The van der Waals surface area contributed by atoms with Crippen LogP contribution < -0.4 is 5.73 Å². The molecule has 1 heterocycles. The Morgan fingerprint density at radius 3 is 2.56 bits per heavy atom. The quantitative estimate of drug-likeness (QED) is 0.851. The molecule has 2 aromatic rings. The Labute approximate surface area is 106 Å². The number of nitrogen functional groups attached to an aromatic ring is 1. The van der Waals surface area contributed by atoms with E-state index in [1.807, 2.05) is 6.07 Å². The molecule has 0 atom stereocenters. The van der Waals surface area contributed by atoms with Gasteiger partial charge in [0.15, 0.2) is 9.84 Å². The number of rotatable bonds is 4. The number of hydrogen-bond acceptors (Lipinski definition) is 4. The molecule has 0 amide bonds. The number of sulfone groups is 1. The summed E-state index contributed by atoms with van der Waals surface area (Å²) in [5.74, 6) is 0.0346. The van der Waals surface area contributed by atoms with Gasteiger partial charge in [-0.3, -0.25) is 4.98 Å². The number of aromatic nitrogens is 1. The summed E-state index contributed by atoms with van der Waals surface area (Å²) in [7, 11) is -3.34. The predicted octanol–water partition coefficient (Wildman–Crippen LogP) is 1.68. The van der Waals surface area contributed by atoms with Gasteiger partial charge in [0.1, 0.15) is 0 Å². The van der Waals surface area contributed by atoms with Crippen LogP contribution in [-0.2, 0) is 16.3 Å². The highest BCUT2D eigenvalue weighted by Gasteiger charge is 2.16. The van der Waals surface area contributed by atoms with Crippen LogP contribution in [0.2, 0.25) is 0 Å². The summed E-state index contributed by atoms with van der Waals surface area (Å²) in [5, 5.41) is 0. The lowest BCUT2D eigenvalue weighted by Crippen LogP contribution is -2.11. The normalized spacial score (nSPS) is 11.3. The van der Waals surface area contributed by atoms with Crippen molar-refractivity contribution < 1.29 is 8.42 Å². The molecular weight excluding hydrogens is 248 g/mol. The highest BCUT2D eigenvalue weighted by atomic mass is 32.2. The molecule has 0 radical (unpaired) electrons. The van der Waals surface area contributed by atoms with Gasteiger partial charge in [-0.1, -0.05) is 18.2 Å². The van der Waals surface area contributed by atoms with Gasteiger partial charge in [0.25, 0.3) is 0 Å². The molecule has 0 aliphatic heterocycles. The molecular formula is C13H14N2O2S. The van der Waals surface area contributed by atoms with Crippen molar-refractivity contribution in [3.05, 3.63) is 54.4 Å². The molecule has 5 heteroatoms. The van der Waals surface area contributed by atoms with Gasteiger partial charge in [0.2, 0.25) is 0 Å². The minimum absolute atomic E-state index is 0.0346. The molecule has 0 spiro atoms. The Morgan fingerprint density at radius 2 is 1.89 bits per heavy atom. The van der Waals surface area contributed by atoms with E-state index < -0.39 is 9.84 Å². The first kappa shape index (κ1) is 12.6. The first-order valence-electron chi connectivity index (χ1n) is 5.56. The second kappa shape index (κ2) is 5.18. The van der Waals surface area contributed by atoms with Gasteiger partial charge in [-0.2, -0.15) is 0 Å². The third-order valence-corrected chi connectivity index (χ3v) is 4.42. The lowest BCUT2D eigenvalue weighted by molar-refractivity contribution is 0.595. The van der Waals surface area contributed by atoms with Gasteiger partial charge in [-0.25, -0.2) is 8.42 Å². The van der Waals surface area contributed by atoms with E-state index in [0.717, 1.165) is 5.56 Å². The van der Waals surface area contributed by atoms with Crippen LogP contribution in [0.3, 0.4) is 0 Å². The van der Waals surface area contributed by atoms with Crippen molar-refractivity contribution in [2.24, 2.45) is 0 Å². The second-order valence-corrected chi connectivity index (χ2v) is 6.05. The molecule has 2 rings (SSSR count). The van der Waals surface area contributed by atoms with Crippen molar-refractivity contribution in [2.75, 3.05) is 11.5 Å². The number of benzene rings is 1. The van der Waals surface area contributed by atoms with E-state index >= 15 is 0 Å². The Morgan fingerprint density at radius 1 is 1.11 bits per heavy atom. The highest BCUT2D eigenvalue weighted by molar-refractivity contribution is 7.91. The zero-order valence-corrected chi connectivity index (χ0v) is 10.6. The van der Waals surface area contributed by atoms with Gasteiger partial charge in [0.05, 0.1) is 16.3 Å². The fraction of sp³-hybridized carbons (Fsp3) is 0.154. The van der Waals surface area contributed by atoms with Crippen LogP contribution in [-0.4, -0.2) is 19.2 Å². The van der Waals surface area contributed by atoms with E-state index in [0.29, 0.717) is 12.1 Å². The molecule has 0 saturated carbocycles. The molecule has 94 valence electrons. The lowest BCUT2D eigenvalue weighted by Gasteiger charge is -2.07. The first-order valence-corrected chi connectivity index (χ1v) is 7.21. The maximum atomic E-state index is 12.1. The van der Waals surface area contributed by atoms with Crippen LogP contribution in [0.25, 0.3) is 0 Å². The van der Waals surface area contributed by atoms with E-state index in [4.69, 9.17) is 5.73 Å². The molecule has 0 saturated heterocycles. The average molecular weight is 262 g/mol. The molecule has 4 nitrogen and oxygen atoms in total. The number of anilines is 1. The van der Waals surface area contributed by atoms with Gasteiger partial charge < -0.3 is 5.73 Å². The highest BCUT2D eigenvalue weighted by Crippen LogP contribution is 2.19. The number of nitrogens with two attached hydrogens (primary N) is 1. The van der Waals surface area contributed by atoms with Crippen molar-refractivity contribution in [2.45, 2.75) is 11.3 Å². The van der Waals surface area contributed by atoms with E-state index in [1.165, 1.54) is 6.07 Å². The summed E-state index contributed by atoms with van der Waals surface area (Å²) in [6.45, 7) is 0. The van der Waals surface area contributed by atoms with E-state index in [2.05, 4.69) is 4.98 Å². The van der Waals surface area contributed by atoms with Crippen molar-refractivity contribution >= 4 is 15.5 Å². The third kappa shape index (κ3) is 2.87. The molecule has 0 aliphatic carbocycles. The van der Waals surface area contributed by atoms with Crippen LogP contribution in [0.4, 0.5) is 5.69 Å². The molecule has 1 aromatic carbocycles. The minimum Gasteiger partial charge on any atom is -0.398 e. The van der Waals surface area contributed by atoms with Crippen molar-refractivity contribution in [1.82, 2.24) is 4.98 Å². The standard InChI is InChI=1S/C13H14N2O2S/c14-12-5-1-2-6-13(12)18(16,17)9-7-11-4-3-8-15-10-11/h1-6,8,10H,7,9,14H2. The van der Waals surface area contributed by atoms with Crippen molar-refractivity contribution in [1.29, 1.82) is 0 Å². The van der Waals surface area contributed by atoms with Crippen LogP contribution in [0.15, 0.2) is 53.7 Å². The summed E-state index contributed by atoms with van der Waals surface area (Å²) < 4.78 is 24.3. The summed E-state index contributed by atoms with van der Waals surface area (Å²) in [6.07, 6.45) is 3.77. The van der Waals surface area contributed by atoms with Crippen LogP contribution in [0.1, 0.15) is 5.56 Å². The Kier molecular flexibility index (Phi) is 3.62. The Balaban J connectivity index is 2.16. The van der Waals surface area contributed by atoms with Gasteiger partial charge in [0, 0.05) is 12.4 Å². The SMILES string of the molecule is Nc1ccccc1S(=O)(=O)CCc1cccnc1. The Bertz CT molecular complexity index is 624. The van der Waals surface area contributed by atoms with E-state index in [1.54, 1.807) is 36.7 Å².